The van der Waals surface area contributed by atoms with Gasteiger partial charge in [0.2, 0.25) is 0 Å². The van der Waals surface area contributed by atoms with Crippen molar-refractivity contribution < 1.29 is 9.53 Å². The lowest BCUT2D eigenvalue weighted by Crippen LogP contribution is -2.49. The van der Waals surface area contributed by atoms with Gasteiger partial charge in [-0.25, -0.2) is 0 Å². The number of hydrogen-bond donors (Lipinski definition) is 2. The van der Waals surface area contributed by atoms with Gasteiger partial charge in [-0.1, -0.05) is 45.4 Å². The molecule has 0 bridgehead atoms. The van der Waals surface area contributed by atoms with E-state index in [0.29, 0.717) is 6.04 Å². The third kappa shape index (κ3) is 9.98. The molecule has 1 heterocycles. The second kappa shape index (κ2) is 11.0. The molecule has 1 aliphatic heterocycles. The molecule has 1 unspecified atom stereocenters. The standard InChI is InChI=1S/C19H38N2O2/c1-5-6-7-8-9-10-11-17(18(22)23-19(2,3)4)21-16-12-14-20-15-13-16/h16-17,20-21H,5-15H2,1-4H3. The predicted molar refractivity (Wildman–Crippen MR) is 96.7 cm³/mol. The van der Waals surface area contributed by atoms with Crippen LogP contribution in [-0.2, 0) is 9.53 Å². The summed E-state index contributed by atoms with van der Waals surface area (Å²) in [5.74, 6) is -0.0791. The van der Waals surface area contributed by atoms with Gasteiger partial charge in [-0.2, -0.15) is 0 Å². The summed E-state index contributed by atoms with van der Waals surface area (Å²) in [4.78, 5) is 12.5. The molecule has 0 radical (unpaired) electrons. The van der Waals surface area contributed by atoms with Crippen molar-refractivity contribution >= 4 is 5.97 Å². The Bertz CT molecular complexity index is 320. The van der Waals surface area contributed by atoms with Crippen LogP contribution in [0.2, 0.25) is 0 Å². The Labute approximate surface area is 143 Å². The van der Waals surface area contributed by atoms with Crippen LogP contribution in [0.3, 0.4) is 0 Å². The van der Waals surface area contributed by atoms with Gasteiger partial charge in [-0.15, -0.1) is 0 Å². The number of ether oxygens (including phenoxy) is 1. The topological polar surface area (TPSA) is 50.4 Å². The Morgan fingerprint density at radius 2 is 1.74 bits per heavy atom. The summed E-state index contributed by atoms with van der Waals surface area (Å²) in [6.07, 6.45) is 10.6. The van der Waals surface area contributed by atoms with Gasteiger partial charge in [0.15, 0.2) is 0 Å². The summed E-state index contributed by atoms with van der Waals surface area (Å²) in [6.45, 7) is 10.1. The summed E-state index contributed by atoms with van der Waals surface area (Å²) in [5.41, 5.74) is -0.410. The lowest BCUT2D eigenvalue weighted by atomic mass is 10.0. The molecule has 0 amide bonds. The number of piperidine rings is 1. The number of hydrogen-bond acceptors (Lipinski definition) is 4. The molecular formula is C19H38N2O2. The highest BCUT2D eigenvalue weighted by molar-refractivity contribution is 5.76. The highest BCUT2D eigenvalue weighted by Gasteiger charge is 2.27. The van der Waals surface area contributed by atoms with Crippen LogP contribution in [0.15, 0.2) is 0 Å². The quantitative estimate of drug-likeness (QED) is 0.474. The van der Waals surface area contributed by atoms with Crippen LogP contribution in [0.4, 0.5) is 0 Å². The number of nitrogens with one attached hydrogen (secondary N) is 2. The van der Waals surface area contributed by atoms with E-state index in [1.807, 2.05) is 20.8 Å². The van der Waals surface area contributed by atoms with Gasteiger partial charge >= 0.3 is 5.97 Å². The molecule has 0 aromatic heterocycles. The molecule has 136 valence electrons. The van der Waals surface area contributed by atoms with Crippen molar-refractivity contribution in [3.05, 3.63) is 0 Å². The highest BCUT2D eigenvalue weighted by atomic mass is 16.6. The first-order valence-corrected chi connectivity index (χ1v) is 9.62. The van der Waals surface area contributed by atoms with E-state index < -0.39 is 5.60 Å². The van der Waals surface area contributed by atoms with Crippen molar-refractivity contribution in [2.45, 2.75) is 103 Å². The molecule has 23 heavy (non-hydrogen) atoms. The first kappa shape index (κ1) is 20.4. The zero-order chi connectivity index (χ0) is 17.1. The number of carbonyl (C=O) groups is 1. The van der Waals surface area contributed by atoms with Crippen molar-refractivity contribution in [1.29, 1.82) is 0 Å². The minimum atomic E-state index is -0.410. The third-order valence-corrected chi connectivity index (χ3v) is 4.31. The molecule has 4 nitrogen and oxygen atoms in total. The van der Waals surface area contributed by atoms with Crippen molar-refractivity contribution in [2.24, 2.45) is 0 Å². The molecule has 0 aliphatic carbocycles. The molecule has 2 N–H and O–H groups in total. The predicted octanol–water partition coefficient (Wildman–Crippen LogP) is 3.79. The van der Waals surface area contributed by atoms with Crippen LogP contribution in [0.25, 0.3) is 0 Å². The van der Waals surface area contributed by atoms with Crippen LogP contribution in [0.5, 0.6) is 0 Å². The smallest absolute Gasteiger partial charge is 0.323 e. The largest absolute Gasteiger partial charge is 0.459 e. The van der Waals surface area contributed by atoms with E-state index in [1.54, 1.807) is 0 Å². The Morgan fingerprint density at radius 1 is 1.13 bits per heavy atom. The molecule has 1 rings (SSSR count). The van der Waals surface area contributed by atoms with Crippen molar-refractivity contribution in [3.8, 4) is 0 Å². The van der Waals surface area contributed by atoms with Crippen LogP contribution in [0.1, 0.15) is 85.5 Å². The number of esters is 1. The van der Waals surface area contributed by atoms with Crippen LogP contribution >= 0.6 is 0 Å². The Morgan fingerprint density at radius 3 is 2.35 bits per heavy atom. The molecule has 1 aliphatic rings. The van der Waals surface area contributed by atoms with E-state index in [1.165, 1.54) is 32.1 Å². The summed E-state index contributed by atoms with van der Waals surface area (Å²) in [6, 6.07) is 0.289. The maximum Gasteiger partial charge on any atom is 0.323 e. The zero-order valence-electron chi connectivity index (χ0n) is 15.7. The third-order valence-electron chi connectivity index (χ3n) is 4.31. The van der Waals surface area contributed by atoms with Crippen LogP contribution in [-0.4, -0.2) is 36.7 Å². The molecule has 0 saturated carbocycles. The molecule has 1 fully saturated rings. The summed E-state index contributed by atoms with van der Waals surface area (Å²) >= 11 is 0. The fourth-order valence-electron chi connectivity index (χ4n) is 3.04. The molecular weight excluding hydrogens is 288 g/mol. The first-order valence-electron chi connectivity index (χ1n) is 9.62. The molecule has 0 aromatic rings. The molecule has 1 atom stereocenters. The van der Waals surface area contributed by atoms with Crippen molar-refractivity contribution in [2.75, 3.05) is 13.1 Å². The van der Waals surface area contributed by atoms with Crippen LogP contribution < -0.4 is 10.6 Å². The summed E-state index contributed by atoms with van der Waals surface area (Å²) in [7, 11) is 0. The maximum atomic E-state index is 12.5. The summed E-state index contributed by atoms with van der Waals surface area (Å²) < 4.78 is 5.62. The molecule has 0 spiro atoms. The monoisotopic (exact) mass is 326 g/mol. The fraction of sp³-hybridized carbons (Fsp3) is 0.947. The van der Waals surface area contributed by atoms with Gasteiger partial charge in [0.05, 0.1) is 0 Å². The minimum Gasteiger partial charge on any atom is -0.459 e. The van der Waals surface area contributed by atoms with E-state index in [2.05, 4.69) is 17.6 Å². The Balaban J connectivity index is 2.41. The lowest BCUT2D eigenvalue weighted by molar-refractivity contribution is -0.158. The number of unbranched alkanes of at least 4 members (excludes halogenated alkanes) is 5. The van der Waals surface area contributed by atoms with Crippen molar-refractivity contribution in [1.82, 2.24) is 10.6 Å². The second-order valence-electron chi connectivity index (χ2n) is 7.83. The normalized spacial score (nSPS) is 17.9. The molecule has 4 heteroatoms. The zero-order valence-corrected chi connectivity index (χ0v) is 15.7. The van der Waals surface area contributed by atoms with Gasteiger partial charge in [-0.3, -0.25) is 4.79 Å². The lowest BCUT2D eigenvalue weighted by Gasteiger charge is -2.30. The SMILES string of the molecule is CCCCCCCCC(NC1CCNCC1)C(=O)OC(C)(C)C. The van der Waals surface area contributed by atoms with Crippen molar-refractivity contribution in [3.63, 3.8) is 0 Å². The number of carbonyl (C=O) groups excluding carboxylic acids is 1. The molecule has 1 saturated heterocycles. The van der Waals surface area contributed by atoms with E-state index in [4.69, 9.17) is 4.74 Å². The summed E-state index contributed by atoms with van der Waals surface area (Å²) in [5, 5.41) is 6.94. The first-order chi connectivity index (χ1) is 10.9. The van der Waals surface area contributed by atoms with Gasteiger partial charge in [-0.05, 0) is 53.1 Å². The van der Waals surface area contributed by atoms with E-state index in [9.17, 15) is 4.79 Å². The van der Waals surface area contributed by atoms with E-state index in [0.717, 1.165) is 38.8 Å². The number of rotatable bonds is 10. The second-order valence-corrected chi connectivity index (χ2v) is 7.83. The van der Waals surface area contributed by atoms with Gasteiger partial charge < -0.3 is 15.4 Å². The Kier molecular flexibility index (Phi) is 9.80. The molecule has 0 aromatic carbocycles. The average Bonchev–Trinajstić information content (AvgIpc) is 2.49. The van der Waals surface area contributed by atoms with Gasteiger partial charge in [0, 0.05) is 6.04 Å². The van der Waals surface area contributed by atoms with Crippen LogP contribution in [0, 0.1) is 0 Å². The highest BCUT2D eigenvalue weighted by Crippen LogP contribution is 2.15. The maximum absolute atomic E-state index is 12.5. The average molecular weight is 327 g/mol. The van der Waals surface area contributed by atoms with Gasteiger partial charge in [0.25, 0.3) is 0 Å². The minimum absolute atomic E-state index is 0.0791. The Hall–Kier alpha value is -0.610. The van der Waals surface area contributed by atoms with E-state index in [-0.39, 0.29) is 12.0 Å². The van der Waals surface area contributed by atoms with E-state index >= 15 is 0 Å². The van der Waals surface area contributed by atoms with Gasteiger partial charge in [0.1, 0.15) is 11.6 Å². The fourth-order valence-corrected chi connectivity index (χ4v) is 3.04.